The van der Waals surface area contributed by atoms with E-state index in [0.717, 1.165) is 25.7 Å². The normalized spacial score (nSPS) is 28.8. The molecule has 0 aromatic heterocycles. The van der Waals surface area contributed by atoms with Gasteiger partial charge >= 0.3 is 0 Å². The zero-order valence-electron chi connectivity index (χ0n) is 11.3. The maximum absolute atomic E-state index is 5.83. The van der Waals surface area contributed by atoms with Crippen molar-refractivity contribution in [2.45, 2.75) is 64.4 Å². The SMILES string of the molecule is CCCCCCCC1COCC1COC1CC1. The quantitative estimate of drug-likeness (QED) is 0.571. The maximum Gasteiger partial charge on any atom is 0.0577 e. The molecular formula is C15H28O2. The molecule has 1 aliphatic heterocycles. The largest absolute Gasteiger partial charge is 0.381 e. The van der Waals surface area contributed by atoms with E-state index in [1.165, 1.54) is 51.4 Å². The van der Waals surface area contributed by atoms with Crippen molar-refractivity contribution >= 4 is 0 Å². The first-order valence-corrected chi connectivity index (χ1v) is 7.59. The van der Waals surface area contributed by atoms with Gasteiger partial charge in [-0.25, -0.2) is 0 Å². The van der Waals surface area contributed by atoms with Crippen LogP contribution in [-0.2, 0) is 9.47 Å². The summed E-state index contributed by atoms with van der Waals surface area (Å²) in [6.45, 7) is 5.14. The van der Waals surface area contributed by atoms with E-state index < -0.39 is 0 Å². The minimum atomic E-state index is 0.598. The van der Waals surface area contributed by atoms with Gasteiger partial charge in [-0.15, -0.1) is 0 Å². The Bertz CT molecular complexity index is 201. The molecule has 17 heavy (non-hydrogen) atoms. The van der Waals surface area contributed by atoms with Crippen LogP contribution in [0.2, 0.25) is 0 Å². The Morgan fingerprint density at radius 3 is 2.53 bits per heavy atom. The molecule has 2 rings (SSSR count). The monoisotopic (exact) mass is 240 g/mol. The molecule has 100 valence electrons. The first-order chi connectivity index (χ1) is 8.40. The molecule has 1 saturated carbocycles. The van der Waals surface area contributed by atoms with Crippen LogP contribution in [0, 0.1) is 11.8 Å². The summed E-state index contributed by atoms with van der Waals surface area (Å²) in [7, 11) is 0. The van der Waals surface area contributed by atoms with Gasteiger partial charge in [0.15, 0.2) is 0 Å². The van der Waals surface area contributed by atoms with Crippen LogP contribution in [0.25, 0.3) is 0 Å². The van der Waals surface area contributed by atoms with Gasteiger partial charge in [0.1, 0.15) is 0 Å². The number of hydrogen-bond acceptors (Lipinski definition) is 2. The molecule has 1 heterocycles. The summed E-state index contributed by atoms with van der Waals surface area (Å²) in [5, 5.41) is 0. The second kappa shape index (κ2) is 7.38. The second-order valence-electron chi connectivity index (χ2n) is 5.79. The number of rotatable bonds is 9. The predicted molar refractivity (Wildman–Crippen MR) is 70.1 cm³/mol. The van der Waals surface area contributed by atoms with Crippen LogP contribution >= 0.6 is 0 Å². The van der Waals surface area contributed by atoms with Gasteiger partial charge in [-0.2, -0.15) is 0 Å². The van der Waals surface area contributed by atoms with Crippen molar-refractivity contribution in [2.24, 2.45) is 11.8 Å². The summed E-state index contributed by atoms with van der Waals surface area (Å²) in [5.41, 5.74) is 0. The zero-order chi connectivity index (χ0) is 11.9. The fourth-order valence-corrected chi connectivity index (χ4v) is 2.65. The van der Waals surface area contributed by atoms with Crippen molar-refractivity contribution in [3.63, 3.8) is 0 Å². The van der Waals surface area contributed by atoms with Gasteiger partial charge in [-0.05, 0) is 25.2 Å². The van der Waals surface area contributed by atoms with Crippen molar-refractivity contribution in [2.75, 3.05) is 19.8 Å². The van der Waals surface area contributed by atoms with Crippen molar-refractivity contribution < 1.29 is 9.47 Å². The highest BCUT2D eigenvalue weighted by Crippen LogP contribution is 2.30. The molecule has 2 nitrogen and oxygen atoms in total. The van der Waals surface area contributed by atoms with E-state index >= 15 is 0 Å². The van der Waals surface area contributed by atoms with E-state index in [4.69, 9.17) is 9.47 Å². The summed E-state index contributed by atoms with van der Waals surface area (Å²) < 4.78 is 11.5. The van der Waals surface area contributed by atoms with Gasteiger partial charge in [-0.3, -0.25) is 0 Å². The van der Waals surface area contributed by atoms with E-state index in [1.54, 1.807) is 0 Å². The Labute approximate surface area is 106 Å². The molecule has 0 aromatic rings. The molecule has 0 radical (unpaired) electrons. The Morgan fingerprint density at radius 2 is 1.76 bits per heavy atom. The van der Waals surface area contributed by atoms with Gasteiger partial charge < -0.3 is 9.47 Å². The second-order valence-corrected chi connectivity index (χ2v) is 5.79. The fourth-order valence-electron chi connectivity index (χ4n) is 2.65. The molecule has 1 saturated heterocycles. The zero-order valence-corrected chi connectivity index (χ0v) is 11.3. The van der Waals surface area contributed by atoms with Crippen molar-refractivity contribution in [3.8, 4) is 0 Å². The smallest absolute Gasteiger partial charge is 0.0577 e. The molecule has 2 atom stereocenters. The predicted octanol–water partition coefficient (Wildman–Crippen LogP) is 3.79. The standard InChI is InChI=1S/C15H28O2/c1-2-3-4-5-6-7-13-10-16-11-14(13)12-17-15-8-9-15/h13-15H,2-12H2,1H3. The van der Waals surface area contributed by atoms with Crippen LogP contribution in [-0.4, -0.2) is 25.9 Å². The van der Waals surface area contributed by atoms with E-state index in [2.05, 4.69) is 6.92 Å². The van der Waals surface area contributed by atoms with Gasteiger partial charge in [0.2, 0.25) is 0 Å². The topological polar surface area (TPSA) is 18.5 Å². The molecule has 0 spiro atoms. The van der Waals surface area contributed by atoms with Gasteiger partial charge in [0.05, 0.1) is 19.3 Å². The van der Waals surface area contributed by atoms with E-state index in [9.17, 15) is 0 Å². The van der Waals surface area contributed by atoms with Crippen molar-refractivity contribution in [3.05, 3.63) is 0 Å². The lowest BCUT2D eigenvalue weighted by Crippen LogP contribution is -2.19. The summed E-state index contributed by atoms with van der Waals surface area (Å²) in [6.07, 6.45) is 11.5. The molecular weight excluding hydrogens is 212 g/mol. The molecule has 0 aromatic carbocycles. The molecule has 2 heteroatoms. The number of hydrogen-bond donors (Lipinski definition) is 0. The van der Waals surface area contributed by atoms with Gasteiger partial charge in [-0.1, -0.05) is 39.0 Å². The number of unbranched alkanes of at least 4 members (excludes halogenated alkanes) is 4. The summed E-state index contributed by atoms with van der Waals surface area (Å²) in [5.74, 6) is 1.46. The summed E-state index contributed by atoms with van der Waals surface area (Å²) in [6, 6.07) is 0. The van der Waals surface area contributed by atoms with Crippen LogP contribution in [0.5, 0.6) is 0 Å². The van der Waals surface area contributed by atoms with Crippen LogP contribution < -0.4 is 0 Å². The van der Waals surface area contributed by atoms with E-state index in [0.29, 0.717) is 12.0 Å². The van der Waals surface area contributed by atoms with Crippen LogP contribution in [0.1, 0.15) is 58.3 Å². The van der Waals surface area contributed by atoms with Gasteiger partial charge in [0.25, 0.3) is 0 Å². The minimum Gasteiger partial charge on any atom is -0.381 e. The van der Waals surface area contributed by atoms with Crippen LogP contribution in [0.3, 0.4) is 0 Å². The molecule has 0 N–H and O–H groups in total. The lowest BCUT2D eigenvalue weighted by atomic mass is 9.91. The summed E-state index contributed by atoms with van der Waals surface area (Å²) >= 11 is 0. The Kier molecular flexibility index (Phi) is 5.79. The third-order valence-corrected chi connectivity index (χ3v) is 4.08. The third-order valence-electron chi connectivity index (χ3n) is 4.08. The molecule has 0 bridgehead atoms. The third kappa shape index (κ3) is 4.97. The average Bonchev–Trinajstić information content (AvgIpc) is 3.06. The molecule has 0 amide bonds. The van der Waals surface area contributed by atoms with E-state index in [1.807, 2.05) is 0 Å². The van der Waals surface area contributed by atoms with Crippen molar-refractivity contribution in [1.29, 1.82) is 0 Å². The first kappa shape index (κ1) is 13.4. The molecule has 2 aliphatic rings. The highest BCUT2D eigenvalue weighted by atomic mass is 16.5. The first-order valence-electron chi connectivity index (χ1n) is 7.59. The highest BCUT2D eigenvalue weighted by molar-refractivity contribution is 4.78. The highest BCUT2D eigenvalue weighted by Gasteiger charge is 2.30. The summed E-state index contributed by atoms with van der Waals surface area (Å²) in [4.78, 5) is 0. The van der Waals surface area contributed by atoms with Crippen LogP contribution in [0.15, 0.2) is 0 Å². The lowest BCUT2D eigenvalue weighted by molar-refractivity contribution is 0.0702. The molecule has 2 fully saturated rings. The molecule has 2 unspecified atom stereocenters. The minimum absolute atomic E-state index is 0.598. The average molecular weight is 240 g/mol. The van der Waals surface area contributed by atoms with Crippen molar-refractivity contribution in [1.82, 2.24) is 0 Å². The molecule has 1 aliphatic carbocycles. The fraction of sp³-hybridized carbons (Fsp3) is 1.00. The Morgan fingerprint density at radius 1 is 1.00 bits per heavy atom. The Balaban J connectivity index is 1.54. The number of ether oxygens (including phenoxy) is 2. The Hall–Kier alpha value is -0.0800. The van der Waals surface area contributed by atoms with E-state index in [-0.39, 0.29) is 0 Å². The maximum atomic E-state index is 5.83. The van der Waals surface area contributed by atoms with Gasteiger partial charge in [0, 0.05) is 12.5 Å². The lowest BCUT2D eigenvalue weighted by Gasteiger charge is -2.17. The van der Waals surface area contributed by atoms with Crippen LogP contribution in [0.4, 0.5) is 0 Å².